The molecule has 4 aromatic rings. The van der Waals surface area contributed by atoms with Crippen molar-refractivity contribution in [3.8, 4) is 5.69 Å². The predicted molar refractivity (Wildman–Crippen MR) is 127 cm³/mol. The van der Waals surface area contributed by atoms with E-state index in [-0.39, 0.29) is 24.6 Å². The molecule has 1 N–H and O–H groups in total. The van der Waals surface area contributed by atoms with Crippen molar-refractivity contribution >= 4 is 28.4 Å². The Morgan fingerprint density at radius 1 is 0.944 bits per heavy atom. The summed E-state index contributed by atoms with van der Waals surface area (Å²) in [6.07, 6.45) is 0.724. The zero-order valence-electron chi connectivity index (χ0n) is 18.9. The van der Waals surface area contributed by atoms with Gasteiger partial charge in [-0.25, -0.2) is 17.9 Å². The number of carbonyl (C=O) groups is 2. The van der Waals surface area contributed by atoms with Crippen molar-refractivity contribution in [2.24, 2.45) is 5.92 Å². The van der Waals surface area contributed by atoms with Gasteiger partial charge in [-0.2, -0.15) is 5.10 Å². The molecule has 0 radical (unpaired) electrons. The number of amides is 2. The summed E-state index contributed by atoms with van der Waals surface area (Å²) in [5, 5.41) is 8.02. The number of carbonyl (C=O) groups excluding carboxylic acids is 2. The summed E-state index contributed by atoms with van der Waals surface area (Å²) in [6, 6.07) is 16.0. The van der Waals surface area contributed by atoms with E-state index in [9.17, 15) is 22.8 Å². The van der Waals surface area contributed by atoms with Crippen molar-refractivity contribution in [2.75, 3.05) is 4.90 Å². The molecule has 36 heavy (non-hydrogen) atoms. The fraction of sp³-hybridized carbons (Fsp3) is 0.222. The maximum Gasteiger partial charge on any atom is 0.229 e. The predicted octanol–water partition coefficient (Wildman–Crippen LogP) is 4.62. The van der Waals surface area contributed by atoms with Crippen molar-refractivity contribution in [1.29, 1.82) is 0 Å². The van der Waals surface area contributed by atoms with Crippen molar-refractivity contribution in [2.45, 2.75) is 31.1 Å². The number of nitrogens with zero attached hydrogens (tertiary/aromatic N) is 3. The summed E-state index contributed by atoms with van der Waals surface area (Å²) in [7, 11) is 0. The monoisotopic (exact) mass is 490 g/mol. The van der Waals surface area contributed by atoms with Gasteiger partial charge in [0.2, 0.25) is 11.8 Å². The molecule has 182 valence electrons. The van der Waals surface area contributed by atoms with E-state index in [1.165, 1.54) is 24.3 Å². The minimum absolute atomic E-state index is 0.0321. The zero-order valence-corrected chi connectivity index (χ0v) is 18.9. The average molecular weight is 490 g/mol. The van der Waals surface area contributed by atoms with Crippen LogP contribution in [0, 0.1) is 17.6 Å². The van der Waals surface area contributed by atoms with E-state index in [0.29, 0.717) is 16.9 Å². The lowest BCUT2D eigenvalue weighted by Gasteiger charge is -2.29. The molecule has 2 heterocycles. The molecule has 6 nitrogen and oxygen atoms in total. The minimum atomic E-state index is -1.15. The molecule has 1 saturated carbocycles. The number of hydrogen-bond donors (Lipinski definition) is 1. The second kappa shape index (κ2) is 8.51. The molecule has 0 bridgehead atoms. The molecule has 1 aliphatic carbocycles. The molecule has 2 aliphatic rings. The normalized spacial score (nSPS) is 23.3. The van der Waals surface area contributed by atoms with Gasteiger partial charge in [0.15, 0.2) is 0 Å². The van der Waals surface area contributed by atoms with Crippen LogP contribution >= 0.6 is 0 Å². The van der Waals surface area contributed by atoms with Gasteiger partial charge in [0.25, 0.3) is 0 Å². The third-order valence-corrected chi connectivity index (χ3v) is 6.81. The Morgan fingerprint density at radius 3 is 2.25 bits per heavy atom. The fourth-order valence-corrected chi connectivity index (χ4v) is 4.89. The van der Waals surface area contributed by atoms with E-state index in [1.54, 1.807) is 46.1 Å². The molecule has 1 saturated heterocycles. The van der Waals surface area contributed by atoms with Crippen molar-refractivity contribution in [3.63, 3.8) is 0 Å². The van der Waals surface area contributed by atoms with Crippen LogP contribution in [0.15, 0.2) is 72.9 Å². The SMILES string of the molecule is O=C(N[C@H]1CC(=O)N(c2ccc3c(cnn3-c3ccc(F)cc3)c2)[C@@H]1c1ccc(F)cc1)[C@@H]1C[C@@H]1F. The first-order chi connectivity index (χ1) is 17.4. The standard InChI is InChI=1S/C27H21F3N4O2/c28-17-3-1-15(2-4-17)26-23(32-27(36)21-12-22(21)30)13-25(35)33(26)20-9-10-24-16(11-20)14-31-34(24)19-7-5-18(29)6-8-19/h1-11,14,21-23,26H,12-13H2,(H,32,36)/t21-,22+,23+,26-/m1/s1. The largest absolute Gasteiger partial charge is 0.350 e. The van der Waals surface area contributed by atoms with E-state index in [1.807, 2.05) is 12.1 Å². The number of benzene rings is 3. The van der Waals surface area contributed by atoms with E-state index >= 15 is 0 Å². The van der Waals surface area contributed by atoms with Gasteiger partial charge in [-0.3, -0.25) is 9.59 Å². The van der Waals surface area contributed by atoms with Crippen LogP contribution in [0.5, 0.6) is 0 Å². The molecule has 9 heteroatoms. The Morgan fingerprint density at radius 2 is 1.58 bits per heavy atom. The quantitative estimate of drug-likeness (QED) is 0.444. The summed E-state index contributed by atoms with van der Waals surface area (Å²) >= 11 is 0. The highest BCUT2D eigenvalue weighted by atomic mass is 19.1. The molecule has 2 fully saturated rings. The first kappa shape index (κ1) is 22.3. The highest BCUT2D eigenvalue weighted by Crippen LogP contribution is 2.40. The van der Waals surface area contributed by atoms with Crippen molar-refractivity contribution < 1.29 is 22.8 Å². The maximum atomic E-state index is 13.7. The summed E-state index contributed by atoms with van der Waals surface area (Å²) in [4.78, 5) is 27.3. The lowest BCUT2D eigenvalue weighted by molar-refractivity contribution is -0.123. The molecule has 1 aliphatic heterocycles. The molecule has 0 spiro atoms. The van der Waals surface area contributed by atoms with Crippen LogP contribution in [0.2, 0.25) is 0 Å². The first-order valence-corrected chi connectivity index (χ1v) is 11.6. The maximum absolute atomic E-state index is 13.7. The Bertz CT molecular complexity index is 1470. The molecule has 1 aromatic heterocycles. The van der Waals surface area contributed by atoms with Gasteiger partial charge in [-0.15, -0.1) is 0 Å². The lowest BCUT2D eigenvalue weighted by atomic mass is 9.99. The number of alkyl halides is 1. The summed E-state index contributed by atoms with van der Waals surface area (Å²) in [5.41, 5.74) is 2.70. The van der Waals surface area contributed by atoms with Crippen molar-refractivity contribution in [1.82, 2.24) is 15.1 Å². The number of fused-ring (bicyclic) bond motifs is 1. The Hall–Kier alpha value is -4.14. The van der Waals surface area contributed by atoms with Crippen LogP contribution in [0.4, 0.5) is 18.9 Å². The number of hydrogen-bond acceptors (Lipinski definition) is 3. The van der Waals surface area contributed by atoms with Gasteiger partial charge in [-0.05, 0) is 66.6 Å². The summed E-state index contributed by atoms with van der Waals surface area (Å²) in [6.45, 7) is 0. The van der Waals surface area contributed by atoms with Crippen LogP contribution in [0.3, 0.4) is 0 Å². The van der Waals surface area contributed by atoms with Gasteiger partial charge in [0.05, 0.1) is 35.4 Å². The van der Waals surface area contributed by atoms with E-state index in [2.05, 4.69) is 10.4 Å². The smallest absolute Gasteiger partial charge is 0.229 e. The number of aromatic nitrogens is 2. The Kier molecular flexibility index (Phi) is 5.28. The zero-order chi connectivity index (χ0) is 25.0. The first-order valence-electron chi connectivity index (χ1n) is 11.6. The molecule has 3 aromatic carbocycles. The average Bonchev–Trinajstić information content (AvgIpc) is 3.32. The number of nitrogens with one attached hydrogen (secondary N) is 1. The van der Waals surface area contributed by atoms with Crippen LogP contribution < -0.4 is 10.2 Å². The second-order valence-electron chi connectivity index (χ2n) is 9.21. The Balaban J connectivity index is 1.37. The van der Waals surface area contributed by atoms with E-state index in [0.717, 1.165) is 10.9 Å². The number of halogens is 3. The van der Waals surface area contributed by atoms with Gasteiger partial charge in [0, 0.05) is 17.5 Å². The van der Waals surface area contributed by atoms with Crippen LogP contribution in [0.25, 0.3) is 16.6 Å². The fourth-order valence-electron chi connectivity index (χ4n) is 4.89. The van der Waals surface area contributed by atoms with Crippen molar-refractivity contribution in [3.05, 3.63) is 90.1 Å². The van der Waals surface area contributed by atoms with Gasteiger partial charge in [-0.1, -0.05) is 12.1 Å². The van der Waals surface area contributed by atoms with Gasteiger partial charge in [0.1, 0.15) is 17.8 Å². The Labute approximate surface area is 204 Å². The molecule has 4 atom stereocenters. The molecular weight excluding hydrogens is 469 g/mol. The molecular formula is C27H21F3N4O2. The topological polar surface area (TPSA) is 67.2 Å². The van der Waals surface area contributed by atoms with Gasteiger partial charge < -0.3 is 10.2 Å². The van der Waals surface area contributed by atoms with Crippen LogP contribution in [-0.2, 0) is 9.59 Å². The minimum Gasteiger partial charge on any atom is -0.350 e. The number of anilines is 1. The lowest BCUT2D eigenvalue weighted by Crippen LogP contribution is -2.41. The van der Waals surface area contributed by atoms with E-state index < -0.39 is 35.9 Å². The molecule has 2 amide bonds. The third kappa shape index (κ3) is 3.90. The van der Waals surface area contributed by atoms with Gasteiger partial charge >= 0.3 is 0 Å². The van der Waals surface area contributed by atoms with Crippen LogP contribution in [0.1, 0.15) is 24.4 Å². The third-order valence-electron chi connectivity index (χ3n) is 6.81. The molecule has 0 unspecified atom stereocenters. The van der Waals surface area contributed by atoms with E-state index in [4.69, 9.17) is 0 Å². The number of rotatable bonds is 5. The highest BCUT2D eigenvalue weighted by Gasteiger charge is 2.48. The highest BCUT2D eigenvalue weighted by molar-refractivity contribution is 6.00. The summed E-state index contributed by atoms with van der Waals surface area (Å²) in [5.74, 6) is -2.07. The summed E-state index contributed by atoms with van der Waals surface area (Å²) < 4.78 is 42.1. The second-order valence-corrected chi connectivity index (χ2v) is 9.21. The molecule has 6 rings (SSSR count). The van der Waals surface area contributed by atoms with Crippen LogP contribution in [-0.4, -0.2) is 33.8 Å².